The van der Waals surface area contributed by atoms with Crippen LogP contribution in [-0.2, 0) is 6.54 Å². The lowest BCUT2D eigenvalue weighted by atomic mass is 9.99. The molecule has 2 aromatic rings. The van der Waals surface area contributed by atoms with Crippen LogP contribution in [0, 0.1) is 0 Å². The quantitative estimate of drug-likeness (QED) is 0.922. The van der Waals surface area contributed by atoms with Crippen LogP contribution >= 0.6 is 15.9 Å². The first-order valence-corrected chi connectivity index (χ1v) is 8.55. The average molecular weight is 350 g/mol. The van der Waals surface area contributed by atoms with Gasteiger partial charge in [0.2, 0.25) is 0 Å². The van der Waals surface area contributed by atoms with Gasteiger partial charge in [-0.2, -0.15) is 0 Å². The lowest BCUT2D eigenvalue weighted by Crippen LogP contribution is -2.44. The van der Waals surface area contributed by atoms with Gasteiger partial charge in [-0.1, -0.05) is 6.42 Å². The smallest absolute Gasteiger partial charge is 0.155 e. The van der Waals surface area contributed by atoms with Gasteiger partial charge in [0.05, 0.1) is 18.1 Å². The fourth-order valence-corrected chi connectivity index (χ4v) is 4.08. The van der Waals surface area contributed by atoms with Crippen molar-refractivity contribution in [2.24, 2.45) is 0 Å². The number of hydrogen-bond donors (Lipinski definition) is 1. The summed E-state index contributed by atoms with van der Waals surface area (Å²) in [6.45, 7) is 3.41. The third-order valence-corrected chi connectivity index (χ3v) is 5.25. The summed E-state index contributed by atoms with van der Waals surface area (Å²) in [5.74, 6) is 0. The van der Waals surface area contributed by atoms with Gasteiger partial charge < -0.3 is 5.32 Å². The minimum atomic E-state index is 0.626. The summed E-state index contributed by atoms with van der Waals surface area (Å²) < 4.78 is 2.95. The molecule has 2 fully saturated rings. The first kappa shape index (κ1) is 13.7. The Balaban J connectivity index is 1.47. The molecule has 4 heterocycles. The highest BCUT2D eigenvalue weighted by molar-refractivity contribution is 9.10. The Bertz CT molecular complexity index is 640. The second kappa shape index (κ2) is 5.66. The number of aromatic nitrogens is 3. The molecular formula is C15H20BrN5. The first-order valence-electron chi connectivity index (χ1n) is 7.76. The normalized spacial score (nSPS) is 26.3. The summed E-state index contributed by atoms with van der Waals surface area (Å²) in [6.07, 6.45) is 11.1. The van der Waals surface area contributed by atoms with Gasteiger partial charge in [0.15, 0.2) is 5.65 Å². The van der Waals surface area contributed by atoms with Crippen molar-refractivity contribution in [3.63, 3.8) is 0 Å². The van der Waals surface area contributed by atoms with Gasteiger partial charge >= 0.3 is 0 Å². The van der Waals surface area contributed by atoms with E-state index in [1.54, 1.807) is 6.20 Å². The molecule has 0 amide bonds. The molecule has 2 saturated heterocycles. The average Bonchev–Trinajstić information content (AvgIpc) is 3.09. The first-order chi connectivity index (χ1) is 10.3. The van der Waals surface area contributed by atoms with Crippen LogP contribution in [0.2, 0.25) is 0 Å². The van der Waals surface area contributed by atoms with E-state index in [4.69, 9.17) is 0 Å². The number of imidazole rings is 1. The molecule has 1 N–H and O–H groups in total. The topological polar surface area (TPSA) is 45.5 Å². The Labute approximate surface area is 132 Å². The molecule has 2 aliphatic heterocycles. The molecule has 6 heteroatoms. The van der Waals surface area contributed by atoms with E-state index in [1.807, 2.05) is 12.4 Å². The van der Waals surface area contributed by atoms with Gasteiger partial charge in [-0.05, 0) is 41.7 Å². The van der Waals surface area contributed by atoms with E-state index in [0.717, 1.165) is 22.8 Å². The minimum Gasteiger partial charge on any atom is -0.307 e. The van der Waals surface area contributed by atoms with Crippen LogP contribution in [0.3, 0.4) is 0 Å². The highest BCUT2D eigenvalue weighted by atomic mass is 79.9. The van der Waals surface area contributed by atoms with Gasteiger partial charge in [0.1, 0.15) is 4.60 Å². The zero-order valence-corrected chi connectivity index (χ0v) is 13.6. The van der Waals surface area contributed by atoms with E-state index in [0.29, 0.717) is 6.04 Å². The lowest BCUT2D eigenvalue weighted by Gasteiger charge is -2.32. The molecule has 2 aliphatic rings. The van der Waals surface area contributed by atoms with Crippen LogP contribution in [0.5, 0.6) is 0 Å². The lowest BCUT2D eigenvalue weighted by molar-refractivity contribution is 0.180. The number of fused-ring (bicyclic) bond motifs is 2. The van der Waals surface area contributed by atoms with Gasteiger partial charge in [-0.25, -0.2) is 9.97 Å². The second-order valence-electron chi connectivity index (χ2n) is 6.06. The van der Waals surface area contributed by atoms with Crippen molar-refractivity contribution < 1.29 is 0 Å². The molecule has 0 aliphatic carbocycles. The molecule has 0 aromatic carbocycles. The Hall–Kier alpha value is -0.980. The van der Waals surface area contributed by atoms with Crippen molar-refractivity contribution in [2.45, 2.75) is 44.3 Å². The van der Waals surface area contributed by atoms with Crippen molar-refractivity contribution in [3.05, 3.63) is 28.9 Å². The molecular weight excluding hydrogens is 330 g/mol. The molecule has 112 valence electrons. The molecule has 4 rings (SSSR count). The number of nitrogens with zero attached hydrogens (tertiary/aromatic N) is 4. The summed E-state index contributed by atoms with van der Waals surface area (Å²) in [4.78, 5) is 11.3. The number of hydrogen-bond acceptors (Lipinski definition) is 4. The molecule has 2 atom stereocenters. The minimum absolute atomic E-state index is 0.626. The summed E-state index contributed by atoms with van der Waals surface area (Å²) in [5.41, 5.74) is 2.10. The standard InChI is InChI=1S/C15H20BrN5/c16-14-10-21-11(8-19-15(21)9-18-14)7-17-12-4-6-20-5-2-1-3-13(12)20/h8-10,12-13,17H,1-7H2. The highest BCUT2D eigenvalue weighted by Gasteiger charge is 2.34. The Morgan fingerprint density at radius 2 is 2.14 bits per heavy atom. The second-order valence-corrected chi connectivity index (χ2v) is 6.88. The van der Waals surface area contributed by atoms with Crippen molar-refractivity contribution in [2.75, 3.05) is 13.1 Å². The summed E-state index contributed by atoms with van der Waals surface area (Å²) in [7, 11) is 0. The predicted octanol–water partition coefficient (Wildman–Crippen LogP) is 2.21. The molecule has 2 unspecified atom stereocenters. The van der Waals surface area contributed by atoms with Crippen LogP contribution in [-0.4, -0.2) is 44.4 Å². The van der Waals surface area contributed by atoms with Crippen LogP contribution < -0.4 is 5.32 Å². The Morgan fingerprint density at radius 3 is 3.10 bits per heavy atom. The van der Waals surface area contributed by atoms with Crippen molar-refractivity contribution in [3.8, 4) is 0 Å². The van der Waals surface area contributed by atoms with Crippen LogP contribution in [0.25, 0.3) is 5.65 Å². The van der Waals surface area contributed by atoms with Crippen LogP contribution in [0.1, 0.15) is 31.4 Å². The monoisotopic (exact) mass is 349 g/mol. The van der Waals surface area contributed by atoms with Gasteiger partial charge in [-0.15, -0.1) is 0 Å². The zero-order valence-electron chi connectivity index (χ0n) is 12.0. The number of piperidine rings is 1. The molecule has 0 saturated carbocycles. The molecule has 5 nitrogen and oxygen atoms in total. The van der Waals surface area contributed by atoms with Gasteiger partial charge in [0, 0.05) is 31.4 Å². The van der Waals surface area contributed by atoms with E-state index in [2.05, 4.69) is 40.5 Å². The zero-order chi connectivity index (χ0) is 14.2. The fourth-order valence-electron chi connectivity index (χ4n) is 3.77. The summed E-state index contributed by atoms with van der Waals surface area (Å²) in [6, 6.07) is 1.37. The molecule has 0 radical (unpaired) electrons. The summed E-state index contributed by atoms with van der Waals surface area (Å²) >= 11 is 3.43. The van der Waals surface area contributed by atoms with Crippen molar-refractivity contribution >= 4 is 21.6 Å². The summed E-state index contributed by atoms with van der Waals surface area (Å²) in [5, 5.41) is 3.76. The van der Waals surface area contributed by atoms with Gasteiger partial charge in [0.25, 0.3) is 0 Å². The fraction of sp³-hybridized carbons (Fsp3) is 0.600. The Kier molecular flexibility index (Phi) is 3.69. The van der Waals surface area contributed by atoms with Gasteiger partial charge in [-0.3, -0.25) is 9.30 Å². The number of halogens is 1. The molecule has 21 heavy (non-hydrogen) atoms. The van der Waals surface area contributed by atoms with Crippen molar-refractivity contribution in [1.82, 2.24) is 24.6 Å². The maximum absolute atomic E-state index is 4.42. The maximum atomic E-state index is 4.42. The number of nitrogens with one attached hydrogen (secondary N) is 1. The molecule has 0 spiro atoms. The van der Waals surface area contributed by atoms with E-state index in [9.17, 15) is 0 Å². The third-order valence-electron chi connectivity index (χ3n) is 4.84. The number of rotatable bonds is 3. The predicted molar refractivity (Wildman–Crippen MR) is 85.1 cm³/mol. The Morgan fingerprint density at radius 1 is 1.19 bits per heavy atom. The van der Waals surface area contributed by atoms with E-state index in [-0.39, 0.29) is 0 Å². The van der Waals surface area contributed by atoms with E-state index in [1.165, 1.54) is 44.5 Å². The molecule has 2 aromatic heterocycles. The van der Waals surface area contributed by atoms with Crippen LogP contribution in [0.4, 0.5) is 0 Å². The maximum Gasteiger partial charge on any atom is 0.155 e. The van der Waals surface area contributed by atoms with E-state index < -0.39 is 0 Å². The van der Waals surface area contributed by atoms with Crippen LogP contribution in [0.15, 0.2) is 23.2 Å². The third kappa shape index (κ3) is 2.60. The highest BCUT2D eigenvalue weighted by Crippen LogP contribution is 2.27. The van der Waals surface area contributed by atoms with Crippen molar-refractivity contribution in [1.29, 1.82) is 0 Å². The molecule has 0 bridgehead atoms. The largest absolute Gasteiger partial charge is 0.307 e. The van der Waals surface area contributed by atoms with E-state index >= 15 is 0 Å². The SMILES string of the molecule is Brc1cn2c(CNC3CCN4CCCCC34)cnc2cn1.